The molecule has 0 fully saturated rings. The summed E-state index contributed by atoms with van der Waals surface area (Å²) in [5, 5.41) is 2.70. The van der Waals surface area contributed by atoms with Gasteiger partial charge in [0.05, 0.1) is 22.1 Å². The van der Waals surface area contributed by atoms with Crippen LogP contribution in [-0.4, -0.2) is 0 Å². The molecule has 3 N–H and O–H groups in total. The van der Waals surface area contributed by atoms with E-state index in [1.807, 2.05) is 0 Å². The van der Waals surface area contributed by atoms with Gasteiger partial charge in [-0.25, -0.2) is 13.2 Å². The quantitative estimate of drug-likeness (QED) is 0.808. The van der Waals surface area contributed by atoms with Crippen molar-refractivity contribution in [2.75, 3.05) is 11.1 Å². The van der Waals surface area contributed by atoms with E-state index in [1.54, 1.807) is 0 Å². The molecule has 0 spiro atoms. The van der Waals surface area contributed by atoms with Gasteiger partial charge in [0, 0.05) is 12.1 Å². The lowest BCUT2D eigenvalue weighted by atomic mass is 10.2. The van der Waals surface area contributed by atoms with Crippen molar-refractivity contribution in [1.82, 2.24) is 0 Å². The summed E-state index contributed by atoms with van der Waals surface area (Å²) >= 11 is 5.83. The molecule has 2 nitrogen and oxygen atoms in total. The summed E-state index contributed by atoms with van der Waals surface area (Å²) in [5.41, 5.74) is 5.35. The molecule has 0 aliphatic carbocycles. The maximum Gasteiger partial charge on any atom is 0.149 e. The highest BCUT2D eigenvalue weighted by molar-refractivity contribution is 6.33. The van der Waals surface area contributed by atoms with E-state index in [1.165, 1.54) is 12.1 Å². The molecule has 0 amide bonds. The van der Waals surface area contributed by atoms with Gasteiger partial charge in [-0.05, 0) is 18.2 Å². The van der Waals surface area contributed by atoms with Gasteiger partial charge in [-0.1, -0.05) is 11.6 Å². The van der Waals surface area contributed by atoms with Gasteiger partial charge >= 0.3 is 0 Å². The Hall–Kier alpha value is -1.88. The molecule has 0 aromatic heterocycles. The second-order valence-corrected chi connectivity index (χ2v) is 4.01. The minimum atomic E-state index is -0.803. The van der Waals surface area contributed by atoms with Crippen LogP contribution < -0.4 is 11.1 Å². The van der Waals surface area contributed by atoms with E-state index in [0.717, 1.165) is 12.1 Å². The van der Waals surface area contributed by atoms with E-state index < -0.39 is 17.5 Å². The molecule has 0 radical (unpaired) electrons. The molecule has 0 heterocycles. The zero-order chi connectivity index (χ0) is 13.3. The summed E-state index contributed by atoms with van der Waals surface area (Å²) in [6.07, 6.45) is 0. The zero-order valence-corrected chi connectivity index (χ0v) is 9.73. The van der Waals surface area contributed by atoms with Crippen LogP contribution in [0.1, 0.15) is 0 Å². The molecule has 0 atom stereocenters. The summed E-state index contributed by atoms with van der Waals surface area (Å²) in [6, 6.07) is 5.23. The summed E-state index contributed by atoms with van der Waals surface area (Å²) < 4.78 is 39.3. The molecule has 2 aromatic carbocycles. The molecular formula is C12H8ClF3N2. The van der Waals surface area contributed by atoms with E-state index in [0.29, 0.717) is 6.07 Å². The van der Waals surface area contributed by atoms with Crippen LogP contribution in [0.5, 0.6) is 0 Å². The van der Waals surface area contributed by atoms with Gasteiger partial charge in [0.15, 0.2) is 0 Å². The lowest BCUT2D eigenvalue weighted by Gasteiger charge is -2.10. The number of hydrogen-bond acceptors (Lipinski definition) is 2. The van der Waals surface area contributed by atoms with Crippen molar-refractivity contribution in [2.45, 2.75) is 0 Å². The maximum atomic E-state index is 13.4. The summed E-state index contributed by atoms with van der Waals surface area (Å²) in [7, 11) is 0. The number of hydrogen-bond donors (Lipinski definition) is 2. The number of benzene rings is 2. The van der Waals surface area contributed by atoms with Crippen LogP contribution in [0.15, 0.2) is 30.3 Å². The summed E-state index contributed by atoms with van der Waals surface area (Å²) in [4.78, 5) is 0. The Bertz CT molecular complexity index is 602. The lowest BCUT2D eigenvalue weighted by Crippen LogP contribution is -1.98. The van der Waals surface area contributed by atoms with Gasteiger partial charge in [-0.2, -0.15) is 0 Å². The highest BCUT2D eigenvalue weighted by atomic mass is 35.5. The number of nitrogens with two attached hydrogens (primary N) is 1. The average Bonchev–Trinajstić information content (AvgIpc) is 2.29. The van der Waals surface area contributed by atoms with Crippen LogP contribution in [0.25, 0.3) is 0 Å². The first-order valence-corrected chi connectivity index (χ1v) is 5.32. The Morgan fingerprint density at radius 3 is 2.33 bits per heavy atom. The predicted molar refractivity (Wildman–Crippen MR) is 65.5 cm³/mol. The van der Waals surface area contributed by atoms with Gasteiger partial charge in [-0.15, -0.1) is 0 Å². The normalized spacial score (nSPS) is 10.4. The number of rotatable bonds is 2. The Labute approximate surface area is 106 Å². The van der Waals surface area contributed by atoms with Crippen molar-refractivity contribution in [2.24, 2.45) is 0 Å². The van der Waals surface area contributed by atoms with Gasteiger partial charge in [0.2, 0.25) is 0 Å². The largest absolute Gasteiger partial charge is 0.396 e. The number of anilines is 3. The van der Waals surface area contributed by atoms with Crippen LogP contribution in [0.3, 0.4) is 0 Å². The maximum absolute atomic E-state index is 13.4. The Balaban J connectivity index is 2.37. The predicted octanol–water partition coefficient (Wildman–Crippen LogP) is 4.08. The lowest BCUT2D eigenvalue weighted by molar-refractivity contribution is 0.586. The van der Waals surface area contributed by atoms with Crippen molar-refractivity contribution < 1.29 is 13.2 Å². The standard InChI is InChI=1S/C12H8ClF3N2/c13-7-4-10(17)8(15)5-12(7)18-11-2-1-6(14)3-9(11)16/h1-5,18H,17H2. The van der Waals surface area contributed by atoms with Crippen molar-refractivity contribution >= 4 is 28.7 Å². The minimum Gasteiger partial charge on any atom is -0.396 e. The molecule has 2 aromatic rings. The third kappa shape index (κ3) is 2.51. The molecule has 0 bridgehead atoms. The van der Waals surface area contributed by atoms with Crippen molar-refractivity contribution in [3.05, 3.63) is 52.8 Å². The average molecular weight is 273 g/mol. The van der Waals surface area contributed by atoms with Crippen LogP contribution >= 0.6 is 11.6 Å². The van der Waals surface area contributed by atoms with Crippen molar-refractivity contribution in [3.63, 3.8) is 0 Å². The summed E-state index contributed by atoms with van der Waals surface area (Å²) in [6.45, 7) is 0. The van der Waals surface area contributed by atoms with Crippen molar-refractivity contribution in [1.29, 1.82) is 0 Å². The highest BCUT2D eigenvalue weighted by Crippen LogP contribution is 2.30. The first-order valence-electron chi connectivity index (χ1n) is 4.94. The van der Waals surface area contributed by atoms with Crippen LogP contribution in [-0.2, 0) is 0 Å². The molecule has 0 aliphatic rings. The van der Waals surface area contributed by atoms with Crippen LogP contribution in [0.2, 0.25) is 5.02 Å². The minimum absolute atomic E-state index is 0.0116. The third-order valence-electron chi connectivity index (χ3n) is 2.29. The first-order chi connectivity index (χ1) is 8.47. The molecule has 0 saturated carbocycles. The monoisotopic (exact) mass is 272 g/mol. The summed E-state index contributed by atoms with van der Waals surface area (Å²) in [5.74, 6) is -2.18. The fourth-order valence-electron chi connectivity index (χ4n) is 1.39. The zero-order valence-electron chi connectivity index (χ0n) is 8.98. The van der Waals surface area contributed by atoms with Crippen LogP contribution in [0.4, 0.5) is 30.2 Å². The first kappa shape index (κ1) is 12.6. The second-order valence-electron chi connectivity index (χ2n) is 3.60. The SMILES string of the molecule is Nc1cc(Cl)c(Nc2ccc(F)cc2F)cc1F. The topological polar surface area (TPSA) is 38.0 Å². The van der Waals surface area contributed by atoms with E-state index in [2.05, 4.69) is 5.32 Å². The fourth-order valence-corrected chi connectivity index (χ4v) is 1.61. The third-order valence-corrected chi connectivity index (χ3v) is 2.60. The van der Waals surface area contributed by atoms with Gasteiger partial charge in [0.1, 0.15) is 17.5 Å². The number of nitrogens with one attached hydrogen (secondary N) is 1. The Morgan fingerprint density at radius 2 is 1.67 bits per heavy atom. The van der Waals surface area contributed by atoms with Gasteiger partial charge < -0.3 is 11.1 Å². The van der Waals surface area contributed by atoms with E-state index in [9.17, 15) is 13.2 Å². The molecular weight excluding hydrogens is 265 g/mol. The Morgan fingerprint density at radius 1 is 0.944 bits per heavy atom. The highest BCUT2D eigenvalue weighted by Gasteiger charge is 2.09. The van der Waals surface area contributed by atoms with E-state index >= 15 is 0 Å². The van der Waals surface area contributed by atoms with Gasteiger partial charge in [0.25, 0.3) is 0 Å². The molecule has 0 saturated heterocycles. The van der Waals surface area contributed by atoms with Crippen LogP contribution in [0, 0.1) is 17.5 Å². The van der Waals surface area contributed by atoms with Gasteiger partial charge in [-0.3, -0.25) is 0 Å². The number of nitrogen functional groups attached to an aromatic ring is 1. The smallest absolute Gasteiger partial charge is 0.149 e. The number of halogens is 4. The molecule has 94 valence electrons. The molecule has 6 heteroatoms. The van der Waals surface area contributed by atoms with E-state index in [-0.39, 0.29) is 22.1 Å². The molecule has 0 aliphatic heterocycles. The Kier molecular flexibility index (Phi) is 3.34. The fraction of sp³-hybridized carbons (Fsp3) is 0. The molecule has 18 heavy (non-hydrogen) atoms. The molecule has 0 unspecified atom stereocenters. The second kappa shape index (κ2) is 4.78. The molecule has 2 rings (SSSR count). The van der Waals surface area contributed by atoms with Crippen molar-refractivity contribution in [3.8, 4) is 0 Å². The van der Waals surface area contributed by atoms with E-state index in [4.69, 9.17) is 17.3 Å².